The van der Waals surface area contributed by atoms with Gasteiger partial charge in [0, 0.05) is 5.69 Å². The van der Waals surface area contributed by atoms with Gasteiger partial charge in [0.05, 0.1) is 17.9 Å². The third-order valence-corrected chi connectivity index (χ3v) is 4.74. The van der Waals surface area contributed by atoms with Gasteiger partial charge < -0.3 is 15.2 Å². The molecule has 1 aromatic rings. The minimum atomic E-state index is -1.01. The van der Waals surface area contributed by atoms with Gasteiger partial charge in [0.2, 0.25) is 5.91 Å². The molecule has 1 saturated heterocycles. The van der Waals surface area contributed by atoms with Gasteiger partial charge in [-0.25, -0.2) is 4.79 Å². The summed E-state index contributed by atoms with van der Waals surface area (Å²) in [5.41, 5.74) is 0.0249. The van der Waals surface area contributed by atoms with Crippen molar-refractivity contribution in [2.75, 3.05) is 5.32 Å². The van der Waals surface area contributed by atoms with Gasteiger partial charge in [0.25, 0.3) is 0 Å². The first-order chi connectivity index (χ1) is 11.0. The molecule has 3 rings (SSSR count). The SMILES string of the molecule is O=C1C[C@H](C(=O)Nc2ccc(C(=O)O)cc2)C2(CCCCC2)O1. The van der Waals surface area contributed by atoms with Gasteiger partial charge in [-0.2, -0.15) is 0 Å². The Bertz CT molecular complexity index is 631. The van der Waals surface area contributed by atoms with E-state index in [4.69, 9.17) is 9.84 Å². The summed E-state index contributed by atoms with van der Waals surface area (Å²) < 4.78 is 5.53. The number of benzene rings is 1. The summed E-state index contributed by atoms with van der Waals surface area (Å²) in [4.78, 5) is 35.2. The van der Waals surface area contributed by atoms with Crippen LogP contribution in [0.5, 0.6) is 0 Å². The van der Waals surface area contributed by atoms with Crippen molar-refractivity contribution in [1.82, 2.24) is 0 Å². The van der Waals surface area contributed by atoms with Gasteiger partial charge in [-0.05, 0) is 49.9 Å². The van der Waals surface area contributed by atoms with Crippen LogP contribution in [0.2, 0.25) is 0 Å². The zero-order valence-corrected chi connectivity index (χ0v) is 12.7. The van der Waals surface area contributed by atoms with Crippen LogP contribution in [0.15, 0.2) is 24.3 Å². The van der Waals surface area contributed by atoms with E-state index in [0.29, 0.717) is 5.69 Å². The molecule has 1 saturated carbocycles. The monoisotopic (exact) mass is 317 g/mol. The summed E-state index contributed by atoms with van der Waals surface area (Å²) in [7, 11) is 0. The molecule has 0 aromatic heterocycles. The number of carboxylic acid groups (broad SMARTS) is 1. The zero-order chi connectivity index (χ0) is 16.4. The molecule has 0 bridgehead atoms. The van der Waals surface area contributed by atoms with Crippen LogP contribution in [0.4, 0.5) is 5.69 Å². The minimum absolute atomic E-state index is 0.110. The molecule has 1 aromatic carbocycles. The Hall–Kier alpha value is -2.37. The molecule has 1 heterocycles. The van der Waals surface area contributed by atoms with Gasteiger partial charge in [-0.3, -0.25) is 9.59 Å². The largest absolute Gasteiger partial charge is 0.478 e. The third-order valence-electron chi connectivity index (χ3n) is 4.74. The fourth-order valence-corrected chi connectivity index (χ4v) is 3.55. The molecule has 2 N–H and O–H groups in total. The Morgan fingerprint density at radius 1 is 1.13 bits per heavy atom. The molecular formula is C17H19NO5. The molecule has 1 aliphatic heterocycles. The van der Waals surface area contributed by atoms with Crippen molar-refractivity contribution in [2.45, 2.75) is 44.1 Å². The third kappa shape index (κ3) is 3.06. The van der Waals surface area contributed by atoms with E-state index in [2.05, 4.69) is 5.32 Å². The summed E-state index contributed by atoms with van der Waals surface area (Å²) >= 11 is 0. The number of ether oxygens (including phenoxy) is 1. The molecule has 122 valence electrons. The first kappa shape index (κ1) is 15.5. The van der Waals surface area contributed by atoms with E-state index in [-0.39, 0.29) is 23.9 Å². The maximum absolute atomic E-state index is 12.6. The van der Waals surface area contributed by atoms with Gasteiger partial charge in [-0.1, -0.05) is 6.42 Å². The van der Waals surface area contributed by atoms with Gasteiger partial charge in [0.15, 0.2) is 0 Å². The number of esters is 1. The number of aromatic carboxylic acids is 1. The molecular weight excluding hydrogens is 298 g/mol. The van der Waals surface area contributed by atoms with E-state index < -0.39 is 17.5 Å². The lowest BCUT2D eigenvalue weighted by molar-refractivity contribution is -0.153. The van der Waals surface area contributed by atoms with E-state index in [1.807, 2.05) is 0 Å². The number of hydrogen-bond acceptors (Lipinski definition) is 4. The molecule has 1 atom stereocenters. The predicted molar refractivity (Wildman–Crippen MR) is 82.0 cm³/mol. The van der Waals surface area contributed by atoms with Crippen LogP contribution >= 0.6 is 0 Å². The van der Waals surface area contributed by atoms with Crippen LogP contribution in [0.3, 0.4) is 0 Å². The van der Waals surface area contributed by atoms with Gasteiger partial charge in [-0.15, -0.1) is 0 Å². The number of nitrogens with one attached hydrogen (secondary N) is 1. The van der Waals surface area contributed by atoms with E-state index in [1.54, 1.807) is 12.1 Å². The molecule has 1 amide bonds. The molecule has 0 radical (unpaired) electrons. The Balaban J connectivity index is 1.73. The lowest BCUT2D eigenvalue weighted by Crippen LogP contribution is -2.43. The summed E-state index contributed by atoms with van der Waals surface area (Å²) in [5, 5.41) is 11.7. The van der Waals surface area contributed by atoms with Crippen LogP contribution < -0.4 is 5.32 Å². The predicted octanol–water partition coefficient (Wildman–Crippen LogP) is 2.59. The topological polar surface area (TPSA) is 92.7 Å². The average Bonchev–Trinajstić information content (AvgIpc) is 2.84. The molecule has 1 spiro atoms. The van der Waals surface area contributed by atoms with E-state index in [9.17, 15) is 14.4 Å². The van der Waals surface area contributed by atoms with Crippen LogP contribution in [-0.2, 0) is 14.3 Å². The van der Waals surface area contributed by atoms with E-state index in [0.717, 1.165) is 32.1 Å². The second-order valence-electron chi connectivity index (χ2n) is 6.23. The lowest BCUT2D eigenvalue weighted by atomic mass is 9.75. The Morgan fingerprint density at radius 3 is 2.39 bits per heavy atom. The highest BCUT2D eigenvalue weighted by atomic mass is 16.6. The average molecular weight is 317 g/mol. The van der Waals surface area contributed by atoms with Crippen molar-refractivity contribution >= 4 is 23.5 Å². The first-order valence-corrected chi connectivity index (χ1v) is 7.86. The molecule has 6 heteroatoms. The number of amides is 1. The maximum atomic E-state index is 12.6. The highest BCUT2D eigenvalue weighted by Gasteiger charge is 2.52. The highest BCUT2D eigenvalue weighted by molar-refractivity contribution is 5.97. The smallest absolute Gasteiger partial charge is 0.335 e. The lowest BCUT2D eigenvalue weighted by Gasteiger charge is -2.36. The molecule has 2 aliphatic rings. The number of carbonyl (C=O) groups is 3. The number of carbonyl (C=O) groups excluding carboxylic acids is 2. The Labute approximate surface area is 133 Å². The first-order valence-electron chi connectivity index (χ1n) is 7.86. The number of hydrogen-bond donors (Lipinski definition) is 2. The van der Waals surface area contributed by atoms with E-state index >= 15 is 0 Å². The van der Waals surface area contributed by atoms with Crippen LogP contribution in [-0.4, -0.2) is 28.6 Å². The number of anilines is 1. The molecule has 6 nitrogen and oxygen atoms in total. The quantitative estimate of drug-likeness (QED) is 0.836. The molecule has 23 heavy (non-hydrogen) atoms. The van der Waals surface area contributed by atoms with Gasteiger partial charge >= 0.3 is 11.9 Å². The van der Waals surface area contributed by atoms with Crippen molar-refractivity contribution in [3.8, 4) is 0 Å². The standard InChI is InChI=1S/C17H19NO5/c19-14-10-13(17(23-14)8-2-1-3-9-17)15(20)18-12-6-4-11(5-7-12)16(21)22/h4-7,13H,1-3,8-10H2,(H,18,20)(H,21,22)/t13-/m1/s1. The van der Waals surface area contributed by atoms with Crippen molar-refractivity contribution in [3.05, 3.63) is 29.8 Å². The van der Waals surface area contributed by atoms with Crippen molar-refractivity contribution in [3.63, 3.8) is 0 Å². The number of carboxylic acids is 1. The van der Waals surface area contributed by atoms with E-state index in [1.165, 1.54) is 12.1 Å². The maximum Gasteiger partial charge on any atom is 0.335 e. The summed E-state index contributed by atoms with van der Waals surface area (Å²) in [6.45, 7) is 0. The second-order valence-corrected chi connectivity index (χ2v) is 6.23. The Morgan fingerprint density at radius 2 is 1.78 bits per heavy atom. The minimum Gasteiger partial charge on any atom is -0.478 e. The number of rotatable bonds is 3. The van der Waals surface area contributed by atoms with Crippen molar-refractivity contribution in [1.29, 1.82) is 0 Å². The molecule has 1 aliphatic carbocycles. The highest BCUT2D eigenvalue weighted by Crippen LogP contribution is 2.44. The fourth-order valence-electron chi connectivity index (χ4n) is 3.55. The van der Waals surface area contributed by atoms with Crippen molar-refractivity contribution in [2.24, 2.45) is 5.92 Å². The van der Waals surface area contributed by atoms with Crippen molar-refractivity contribution < 1.29 is 24.2 Å². The summed E-state index contributed by atoms with van der Waals surface area (Å²) in [5.74, 6) is -2.04. The van der Waals surface area contributed by atoms with Crippen LogP contribution in [0.1, 0.15) is 48.9 Å². The normalized spacial score (nSPS) is 22.6. The zero-order valence-electron chi connectivity index (χ0n) is 12.7. The molecule has 0 unspecified atom stereocenters. The molecule has 2 fully saturated rings. The Kier molecular flexibility index (Phi) is 4.07. The fraction of sp³-hybridized carbons (Fsp3) is 0.471. The summed E-state index contributed by atoms with van der Waals surface area (Å²) in [6, 6.07) is 5.97. The summed E-state index contributed by atoms with van der Waals surface area (Å²) in [6.07, 6.45) is 4.60. The van der Waals surface area contributed by atoms with Gasteiger partial charge in [0.1, 0.15) is 5.60 Å². The van der Waals surface area contributed by atoms with Crippen LogP contribution in [0.25, 0.3) is 0 Å². The second kappa shape index (κ2) is 6.02. The van der Waals surface area contributed by atoms with Crippen LogP contribution in [0, 0.1) is 5.92 Å².